The predicted molar refractivity (Wildman–Crippen MR) is 103 cm³/mol. The van der Waals surface area contributed by atoms with Crippen LogP contribution in [-0.2, 0) is 4.74 Å². The smallest absolute Gasteiger partial charge is 0.191 e. The Bertz CT molecular complexity index is 392. The fourth-order valence-corrected chi connectivity index (χ4v) is 3.58. The molecule has 2 rings (SSSR count). The first-order valence-corrected chi connectivity index (χ1v) is 8.09. The predicted octanol–water partition coefficient (Wildman–Crippen LogP) is 1.97. The largest absolute Gasteiger partial charge is 0.377 e. The number of ether oxygens (including phenoxy) is 1. The van der Waals surface area contributed by atoms with Gasteiger partial charge in [-0.15, -0.1) is 24.0 Å². The second kappa shape index (κ2) is 7.66. The van der Waals surface area contributed by atoms with Gasteiger partial charge in [-0.1, -0.05) is 13.8 Å². The summed E-state index contributed by atoms with van der Waals surface area (Å²) in [5.74, 6) is 1.53. The maximum absolute atomic E-state index is 5.84. The third-order valence-corrected chi connectivity index (χ3v) is 4.69. The quantitative estimate of drug-likeness (QED) is 0.280. The summed E-state index contributed by atoms with van der Waals surface area (Å²) in [5.41, 5.74) is 0.339. The van der Waals surface area contributed by atoms with Crippen LogP contribution in [0, 0.1) is 11.3 Å². The lowest BCUT2D eigenvalue weighted by Gasteiger charge is -2.54. The second-order valence-corrected chi connectivity index (χ2v) is 7.86. The van der Waals surface area contributed by atoms with Crippen LogP contribution in [0.1, 0.15) is 41.0 Å². The Balaban J connectivity index is 0.00000242. The molecule has 1 aliphatic heterocycles. The van der Waals surface area contributed by atoms with Gasteiger partial charge in [0.25, 0.3) is 0 Å². The molecule has 1 aliphatic carbocycles. The molecule has 1 heterocycles. The van der Waals surface area contributed by atoms with Crippen molar-refractivity contribution in [3.8, 4) is 0 Å². The van der Waals surface area contributed by atoms with Crippen molar-refractivity contribution >= 4 is 29.9 Å². The number of aliphatic imine (C=N–C) groups is 1. The Kier molecular flexibility index (Phi) is 6.95. The van der Waals surface area contributed by atoms with Gasteiger partial charge in [-0.05, 0) is 27.2 Å². The van der Waals surface area contributed by atoms with Gasteiger partial charge in [0.1, 0.15) is 0 Å². The van der Waals surface area contributed by atoms with Crippen molar-refractivity contribution in [1.29, 1.82) is 0 Å². The molecule has 3 N–H and O–H groups in total. The van der Waals surface area contributed by atoms with Crippen molar-refractivity contribution in [2.45, 2.75) is 58.7 Å². The molecule has 0 aromatic rings. The zero-order valence-electron chi connectivity index (χ0n) is 14.8. The van der Waals surface area contributed by atoms with Gasteiger partial charge in [-0.3, -0.25) is 4.99 Å². The van der Waals surface area contributed by atoms with Crippen molar-refractivity contribution in [2.75, 3.05) is 26.7 Å². The van der Waals surface area contributed by atoms with Crippen LogP contribution in [-0.4, -0.2) is 50.4 Å². The summed E-state index contributed by atoms with van der Waals surface area (Å²) in [7, 11) is 1.83. The van der Waals surface area contributed by atoms with E-state index in [-0.39, 0.29) is 34.9 Å². The van der Waals surface area contributed by atoms with Crippen molar-refractivity contribution in [1.82, 2.24) is 16.0 Å². The highest BCUT2D eigenvalue weighted by molar-refractivity contribution is 14.0. The first-order chi connectivity index (χ1) is 9.75. The Morgan fingerprint density at radius 1 is 1.27 bits per heavy atom. The van der Waals surface area contributed by atoms with Gasteiger partial charge >= 0.3 is 0 Å². The SMILES string of the molecule is CN=C(NCCNC(C)(C)C)NC1C2CCOC2C1(C)C.I. The highest BCUT2D eigenvalue weighted by atomic mass is 127. The molecule has 0 spiro atoms. The molecule has 1 saturated heterocycles. The summed E-state index contributed by atoms with van der Waals surface area (Å²) in [4.78, 5) is 4.35. The monoisotopic (exact) mass is 424 g/mol. The lowest BCUT2D eigenvalue weighted by molar-refractivity contribution is -0.106. The van der Waals surface area contributed by atoms with Crippen LogP contribution in [0.4, 0.5) is 0 Å². The number of nitrogens with one attached hydrogen (secondary N) is 3. The summed E-state index contributed by atoms with van der Waals surface area (Å²) in [5, 5.41) is 10.5. The molecule has 0 bridgehead atoms. The fraction of sp³-hybridized carbons (Fsp3) is 0.938. The molecule has 0 amide bonds. The molecule has 0 aromatic heterocycles. The Morgan fingerprint density at radius 2 is 1.95 bits per heavy atom. The van der Waals surface area contributed by atoms with E-state index in [1.165, 1.54) is 0 Å². The number of fused-ring (bicyclic) bond motifs is 1. The summed E-state index contributed by atoms with van der Waals surface area (Å²) < 4.78 is 5.84. The number of nitrogens with zero attached hydrogens (tertiary/aromatic N) is 1. The summed E-state index contributed by atoms with van der Waals surface area (Å²) >= 11 is 0. The van der Waals surface area contributed by atoms with Gasteiger partial charge in [0.2, 0.25) is 0 Å². The second-order valence-electron chi connectivity index (χ2n) is 7.86. The van der Waals surface area contributed by atoms with E-state index in [0.29, 0.717) is 18.1 Å². The van der Waals surface area contributed by atoms with E-state index in [0.717, 1.165) is 32.1 Å². The maximum atomic E-state index is 5.84. The Hall–Kier alpha value is -0.0800. The third-order valence-electron chi connectivity index (χ3n) is 4.69. The van der Waals surface area contributed by atoms with Crippen molar-refractivity contribution < 1.29 is 4.74 Å². The molecule has 3 unspecified atom stereocenters. The molecule has 22 heavy (non-hydrogen) atoms. The van der Waals surface area contributed by atoms with Gasteiger partial charge in [0, 0.05) is 49.7 Å². The Labute approximate surface area is 152 Å². The van der Waals surface area contributed by atoms with Gasteiger partial charge in [0.15, 0.2) is 5.96 Å². The molecule has 2 fully saturated rings. The van der Waals surface area contributed by atoms with Crippen LogP contribution in [0.5, 0.6) is 0 Å². The minimum absolute atomic E-state index is 0. The Morgan fingerprint density at radius 3 is 2.55 bits per heavy atom. The summed E-state index contributed by atoms with van der Waals surface area (Å²) in [6.45, 7) is 13.8. The lowest BCUT2D eigenvalue weighted by atomic mass is 9.57. The molecule has 0 radical (unpaired) electrons. The molecule has 1 saturated carbocycles. The van der Waals surface area contributed by atoms with E-state index in [2.05, 4.69) is 55.6 Å². The van der Waals surface area contributed by atoms with Gasteiger partial charge in [-0.2, -0.15) is 0 Å². The van der Waals surface area contributed by atoms with E-state index in [1.807, 2.05) is 7.05 Å². The van der Waals surface area contributed by atoms with Gasteiger partial charge < -0.3 is 20.7 Å². The number of hydrogen-bond donors (Lipinski definition) is 3. The van der Waals surface area contributed by atoms with E-state index in [9.17, 15) is 0 Å². The number of halogens is 1. The molecule has 130 valence electrons. The third kappa shape index (κ3) is 4.47. The van der Waals surface area contributed by atoms with E-state index in [1.54, 1.807) is 0 Å². The van der Waals surface area contributed by atoms with Crippen molar-refractivity contribution in [2.24, 2.45) is 16.3 Å². The van der Waals surface area contributed by atoms with Crippen LogP contribution < -0.4 is 16.0 Å². The van der Waals surface area contributed by atoms with Gasteiger partial charge in [-0.25, -0.2) is 0 Å². The molecular formula is C16H33IN4O. The zero-order valence-corrected chi connectivity index (χ0v) is 17.2. The highest BCUT2D eigenvalue weighted by Gasteiger charge is 2.59. The fourth-order valence-electron chi connectivity index (χ4n) is 3.58. The van der Waals surface area contributed by atoms with Crippen LogP contribution >= 0.6 is 24.0 Å². The topological polar surface area (TPSA) is 57.7 Å². The number of hydrogen-bond acceptors (Lipinski definition) is 3. The standard InChI is InChI=1S/C16H32N4O.HI/c1-15(2,3)19-9-8-18-14(17-6)20-12-11-7-10-21-13(11)16(12,4)5;/h11-13,19H,7-10H2,1-6H3,(H2,17,18,20);1H. The minimum atomic E-state index is 0. The normalized spacial score (nSPS) is 30.1. The molecule has 3 atom stereocenters. The molecule has 6 heteroatoms. The molecule has 0 aromatic carbocycles. The minimum Gasteiger partial charge on any atom is -0.377 e. The van der Waals surface area contributed by atoms with E-state index < -0.39 is 0 Å². The summed E-state index contributed by atoms with van der Waals surface area (Å²) in [6.07, 6.45) is 1.57. The zero-order chi connectivity index (χ0) is 15.7. The first-order valence-electron chi connectivity index (χ1n) is 8.09. The van der Waals surface area contributed by atoms with Crippen LogP contribution in [0.3, 0.4) is 0 Å². The molecule has 5 nitrogen and oxygen atoms in total. The van der Waals surface area contributed by atoms with Crippen LogP contribution in [0.15, 0.2) is 4.99 Å². The maximum Gasteiger partial charge on any atom is 0.191 e. The van der Waals surface area contributed by atoms with Crippen LogP contribution in [0.25, 0.3) is 0 Å². The van der Waals surface area contributed by atoms with Crippen molar-refractivity contribution in [3.63, 3.8) is 0 Å². The first kappa shape index (κ1) is 20.0. The van der Waals surface area contributed by atoms with Gasteiger partial charge in [0.05, 0.1) is 6.10 Å². The van der Waals surface area contributed by atoms with Crippen LogP contribution in [0.2, 0.25) is 0 Å². The summed E-state index contributed by atoms with van der Waals surface area (Å²) in [6, 6.07) is 0.451. The van der Waals surface area contributed by atoms with Crippen molar-refractivity contribution in [3.05, 3.63) is 0 Å². The number of guanidine groups is 1. The lowest BCUT2D eigenvalue weighted by Crippen LogP contribution is -2.68. The highest BCUT2D eigenvalue weighted by Crippen LogP contribution is 2.51. The van der Waals surface area contributed by atoms with E-state index >= 15 is 0 Å². The molecule has 2 aliphatic rings. The average molecular weight is 424 g/mol. The average Bonchev–Trinajstić information content (AvgIpc) is 2.83. The number of rotatable bonds is 4. The molecular weight excluding hydrogens is 391 g/mol. The van der Waals surface area contributed by atoms with E-state index in [4.69, 9.17) is 4.74 Å².